The molecular formula is C22H17BrF4N2O2. The molecule has 0 aromatic heterocycles. The van der Waals surface area contributed by atoms with Gasteiger partial charge in [0.25, 0.3) is 0 Å². The van der Waals surface area contributed by atoms with E-state index in [2.05, 4.69) is 26.5 Å². The van der Waals surface area contributed by atoms with E-state index in [9.17, 15) is 17.6 Å². The number of hydrogen-bond donors (Lipinski definition) is 1. The molecule has 3 aromatic carbocycles. The molecule has 0 aliphatic carbocycles. The molecule has 0 radical (unpaired) electrons. The average molecular weight is 497 g/mol. The molecular weight excluding hydrogens is 480 g/mol. The molecule has 4 nitrogen and oxygen atoms in total. The fourth-order valence-corrected chi connectivity index (χ4v) is 3.00. The Morgan fingerprint density at radius 2 is 1.68 bits per heavy atom. The third-order valence-electron chi connectivity index (χ3n) is 4.20. The molecule has 3 aromatic rings. The number of benzene rings is 3. The van der Waals surface area contributed by atoms with Crippen molar-refractivity contribution < 1.29 is 27.0 Å². The molecule has 0 spiro atoms. The van der Waals surface area contributed by atoms with Gasteiger partial charge in [-0.3, -0.25) is 5.43 Å². The first-order chi connectivity index (χ1) is 14.8. The van der Waals surface area contributed by atoms with E-state index in [1.165, 1.54) is 37.6 Å². The maximum atomic E-state index is 13.0. The van der Waals surface area contributed by atoms with Crippen LogP contribution in [0.5, 0.6) is 11.5 Å². The summed E-state index contributed by atoms with van der Waals surface area (Å²) in [5, 5.41) is 4.05. The first-order valence-electron chi connectivity index (χ1n) is 8.97. The Kier molecular flexibility index (Phi) is 7.17. The van der Waals surface area contributed by atoms with Crippen molar-refractivity contribution in [3.05, 3.63) is 87.6 Å². The third-order valence-corrected chi connectivity index (χ3v) is 4.89. The van der Waals surface area contributed by atoms with E-state index in [1.54, 1.807) is 24.3 Å². The lowest BCUT2D eigenvalue weighted by molar-refractivity contribution is -0.137. The highest BCUT2D eigenvalue weighted by Gasteiger charge is 2.29. The molecule has 0 aliphatic rings. The van der Waals surface area contributed by atoms with Crippen LogP contribution in [0.1, 0.15) is 16.7 Å². The second kappa shape index (κ2) is 9.82. The highest BCUT2D eigenvalue weighted by atomic mass is 79.9. The van der Waals surface area contributed by atoms with E-state index in [0.717, 1.165) is 17.7 Å². The van der Waals surface area contributed by atoms with Crippen molar-refractivity contribution in [2.75, 3.05) is 12.5 Å². The lowest BCUT2D eigenvalue weighted by Crippen LogP contribution is -2.04. The lowest BCUT2D eigenvalue weighted by atomic mass is 10.2. The largest absolute Gasteiger partial charge is 0.493 e. The van der Waals surface area contributed by atoms with Crippen LogP contribution in [0.4, 0.5) is 23.2 Å². The molecule has 1 N–H and O–H groups in total. The number of nitrogens with zero attached hydrogens (tertiary/aromatic N) is 1. The van der Waals surface area contributed by atoms with E-state index in [0.29, 0.717) is 27.2 Å². The lowest BCUT2D eigenvalue weighted by Gasteiger charge is -2.13. The molecule has 0 saturated heterocycles. The Bertz CT molecular complexity index is 1050. The molecule has 0 amide bonds. The quantitative estimate of drug-likeness (QED) is 0.226. The van der Waals surface area contributed by atoms with E-state index in [1.807, 2.05) is 0 Å². The van der Waals surface area contributed by atoms with Gasteiger partial charge in [-0.2, -0.15) is 18.3 Å². The highest BCUT2D eigenvalue weighted by molar-refractivity contribution is 9.10. The van der Waals surface area contributed by atoms with E-state index < -0.39 is 11.7 Å². The van der Waals surface area contributed by atoms with Crippen molar-refractivity contribution in [3.8, 4) is 11.5 Å². The van der Waals surface area contributed by atoms with Crippen molar-refractivity contribution >= 4 is 27.8 Å². The van der Waals surface area contributed by atoms with Crippen LogP contribution in [0.15, 0.2) is 70.2 Å². The van der Waals surface area contributed by atoms with Crippen LogP contribution in [-0.2, 0) is 12.8 Å². The van der Waals surface area contributed by atoms with Gasteiger partial charge in [0.15, 0.2) is 11.5 Å². The minimum Gasteiger partial charge on any atom is -0.493 e. The van der Waals surface area contributed by atoms with Crippen LogP contribution in [0.2, 0.25) is 0 Å². The van der Waals surface area contributed by atoms with Crippen molar-refractivity contribution in [1.29, 1.82) is 0 Å². The summed E-state index contributed by atoms with van der Waals surface area (Å²) in [4.78, 5) is 0. The predicted molar refractivity (Wildman–Crippen MR) is 114 cm³/mol. The second-order valence-electron chi connectivity index (χ2n) is 6.38. The topological polar surface area (TPSA) is 42.8 Å². The van der Waals surface area contributed by atoms with Crippen LogP contribution >= 0.6 is 15.9 Å². The summed E-state index contributed by atoms with van der Waals surface area (Å²) in [6.45, 7) is 0.228. The molecule has 0 saturated carbocycles. The van der Waals surface area contributed by atoms with Crippen LogP contribution in [0.25, 0.3) is 0 Å². The fraction of sp³-hybridized carbons (Fsp3) is 0.136. The van der Waals surface area contributed by atoms with Crippen LogP contribution in [-0.4, -0.2) is 13.3 Å². The summed E-state index contributed by atoms with van der Waals surface area (Å²) >= 11 is 3.43. The van der Waals surface area contributed by atoms with E-state index >= 15 is 0 Å². The van der Waals surface area contributed by atoms with Gasteiger partial charge in [0.05, 0.1) is 24.6 Å². The molecule has 0 aliphatic heterocycles. The minimum absolute atomic E-state index is 0.228. The second-order valence-corrected chi connectivity index (χ2v) is 7.24. The molecule has 31 heavy (non-hydrogen) atoms. The molecule has 0 fully saturated rings. The van der Waals surface area contributed by atoms with Gasteiger partial charge < -0.3 is 9.47 Å². The molecule has 0 bridgehead atoms. The number of halogens is 5. The monoisotopic (exact) mass is 496 g/mol. The zero-order valence-electron chi connectivity index (χ0n) is 16.2. The normalized spacial score (nSPS) is 11.5. The van der Waals surface area contributed by atoms with Gasteiger partial charge in [0.1, 0.15) is 12.4 Å². The first kappa shape index (κ1) is 22.6. The SMILES string of the molecule is COc1cc(/C=N/Nc2ccc(C(F)(F)F)cc2)c(Br)cc1OCc1ccc(F)cc1. The Morgan fingerprint density at radius 3 is 2.29 bits per heavy atom. The first-order valence-corrected chi connectivity index (χ1v) is 9.76. The average Bonchev–Trinajstić information content (AvgIpc) is 2.74. The summed E-state index contributed by atoms with van der Waals surface area (Å²) < 4.78 is 62.7. The number of ether oxygens (including phenoxy) is 2. The number of rotatable bonds is 7. The molecule has 0 unspecified atom stereocenters. The van der Waals surface area contributed by atoms with Crippen molar-refractivity contribution in [3.63, 3.8) is 0 Å². The van der Waals surface area contributed by atoms with Gasteiger partial charge >= 0.3 is 6.18 Å². The maximum absolute atomic E-state index is 13.0. The summed E-state index contributed by atoms with van der Waals surface area (Å²) in [5.74, 6) is 0.616. The van der Waals surface area contributed by atoms with Crippen LogP contribution in [0.3, 0.4) is 0 Å². The molecule has 0 atom stereocenters. The number of methoxy groups -OCH3 is 1. The van der Waals surface area contributed by atoms with Gasteiger partial charge in [0.2, 0.25) is 0 Å². The zero-order chi connectivity index (χ0) is 22.4. The fourth-order valence-electron chi connectivity index (χ4n) is 2.57. The smallest absolute Gasteiger partial charge is 0.416 e. The highest BCUT2D eigenvalue weighted by Crippen LogP contribution is 2.34. The minimum atomic E-state index is -4.39. The predicted octanol–water partition coefficient (Wildman–Crippen LogP) is 6.64. The van der Waals surface area contributed by atoms with E-state index in [4.69, 9.17) is 9.47 Å². The van der Waals surface area contributed by atoms with Crippen molar-refractivity contribution in [2.45, 2.75) is 12.8 Å². The Balaban J connectivity index is 1.68. The maximum Gasteiger partial charge on any atom is 0.416 e. The van der Waals surface area contributed by atoms with Gasteiger partial charge in [-0.25, -0.2) is 4.39 Å². The Labute approximate surface area is 184 Å². The number of hydrogen-bond acceptors (Lipinski definition) is 4. The molecule has 162 valence electrons. The number of alkyl halides is 3. The number of hydrazone groups is 1. The number of anilines is 1. The van der Waals surface area contributed by atoms with Gasteiger partial charge in [-0.1, -0.05) is 12.1 Å². The summed E-state index contributed by atoms with van der Waals surface area (Å²) in [6.07, 6.45) is -2.89. The third kappa shape index (κ3) is 6.21. The Hall–Kier alpha value is -3.07. The van der Waals surface area contributed by atoms with Crippen LogP contribution < -0.4 is 14.9 Å². The summed E-state index contributed by atoms with van der Waals surface area (Å²) in [6, 6.07) is 13.9. The Morgan fingerprint density at radius 1 is 1.00 bits per heavy atom. The standard InChI is InChI=1S/C22H17BrF4N2O2/c1-30-20-10-15(12-28-29-18-8-4-16(5-9-18)22(25,26)27)19(23)11-21(20)31-13-14-2-6-17(24)7-3-14/h2-12,29H,13H2,1H3/b28-12+. The van der Waals surface area contributed by atoms with Gasteiger partial charge in [0, 0.05) is 10.0 Å². The van der Waals surface area contributed by atoms with E-state index in [-0.39, 0.29) is 12.4 Å². The van der Waals surface area contributed by atoms with Crippen molar-refractivity contribution in [1.82, 2.24) is 0 Å². The van der Waals surface area contributed by atoms with Crippen LogP contribution in [0, 0.1) is 5.82 Å². The molecule has 3 rings (SSSR count). The summed E-state index contributed by atoms with van der Waals surface area (Å²) in [5.41, 5.74) is 3.81. The van der Waals surface area contributed by atoms with Gasteiger partial charge in [-0.05, 0) is 70.0 Å². The van der Waals surface area contributed by atoms with Gasteiger partial charge in [-0.15, -0.1) is 0 Å². The van der Waals surface area contributed by atoms with Crippen molar-refractivity contribution in [2.24, 2.45) is 5.10 Å². The summed E-state index contributed by atoms with van der Waals surface area (Å²) in [7, 11) is 1.50. The molecule has 0 heterocycles. The zero-order valence-corrected chi connectivity index (χ0v) is 17.8. The number of nitrogens with one attached hydrogen (secondary N) is 1. The molecule has 9 heteroatoms.